The van der Waals surface area contributed by atoms with Crippen LogP contribution in [0.3, 0.4) is 0 Å². The van der Waals surface area contributed by atoms with E-state index in [0.29, 0.717) is 5.69 Å². The third kappa shape index (κ3) is 4.80. The lowest BCUT2D eigenvalue weighted by atomic mass is 10.2. The Morgan fingerprint density at radius 2 is 2.05 bits per heavy atom. The number of rotatable bonds is 6. The van der Waals surface area contributed by atoms with E-state index in [2.05, 4.69) is 10.6 Å². The summed E-state index contributed by atoms with van der Waals surface area (Å²) >= 11 is 1.47. The minimum Gasteiger partial charge on any atom is -0.480 e. The fourth-order valence-corrected chi connectivity index (χ4v) is 2.00. The summed E-state index contributed by atoms with van der Waals surface area (Å²) in [7, 11) is 0. The SMILES string of the molecule is CSc1ccccc1NC(=O)N[C@@H](CCO)C(=O)O. The van der Waals surface area contributed by atoms with E-state index in [4.69, 9.17) is 10.2 Å². The van der Waals surface area contributed by atoms with Crippen LogP contribution < -0.4 is 10.6 Å². The summed E-state index contributed by atoms with van der Waals surface area (Å²) in [6.07, 6.45) is 1.84. The van der Waals surface area contributed by atoms with Crippen molar-refractivity contribution < 1.29 is 19.8 Å². The van der Waals surface area contributed by atoms with Gasteiger partial charge in [-0.15, -0.1) is 11.8 Å². The van der Waals surface area contributed by atoms with Gasteiger partial charge in [0.1, 0.15) is 6.04 Å². The number of carboxylic acids is 1. The fraction of sp³-hybridized carbons (Fsp3) is 0.333. The van der Waals surface area contributed by atoms with Crippen LogP contribution in [-0.2, 0) is 4.79 Å². The molecule has 0 bridgehead atoms. The third-order valence-corrected chi connectivity index (χ3v) is 3.17. The van der Waals surface area contributed by atoms with Crippen molar-refractivity contribution >= 4 is 29.4 Å². The number of carboxylic acid groups (broad SMARTS) is 1. The molecule has 1 aromatic rings. The van der Waals surface area contributed by atoms with Gasteiger partial charge in [0.15, 0.2) is 0 Å². The lowest BCUT2D eigenvalue weighted by molar-refractivity contribution is -0.139. The summed E-state index contributed by atoms with van der Waals surface area (Å²) < 4.78 is 0. The number of aliphatic hydroxyl groups is 1. The van der Waals surface area contributed by atoms with Gasteiger partial charge in [-0.05, 0) is 18.4 Å². The second kappa shape index (κ2) is 7.65. The van der Waals surface area contributed by atoms with Crippen LogP contribution in [0.25, 0.3) is 0 Å². The van der Waals surface area contributed by atoms with Crippen LogP contribution in [-0.4, -0.2) is 41.1 Å². The van der Waals surface area contributed by atoms with Crippen LogP contribution in [0.1, 0.15) is 6.42 Å². The predicted molar refractivity (Wildman–Crippen MR) is 73.5 cm³/mol. The van der Waals surface area contributed by atoms with Crippen LogP contribution >= 0.6 is 11.8 Å². The second-order valence-electron chi connectivity index (χ2n) is 3.70. The minimum absolute atomic E-state index is 0.0348. The number of hydrogen-bond donors (Lipinski definition) is 4. The molecule has 104 valence electrons. The lowest BCUT2D eigenvalue weighted by Gasteiger charge is -2.15. The molecule has 0 heterocycles. The Bertz CT molecular complexity index is 453. The van der Waals surface area contributed by atoms with Crippen molar-refractivity contribution in [2.75, 3.05) is 18.2 Å². The number of nitrogens with one attached hydrogen (secondary N) is 2. The summed E-state index contributed by atoms with van der Waals surface area (Å²) in [4.78, 5) is 23.4. The number of carbonyl (C=O) groups is 2. The van der Waals surface area contributed by atoms with Gasteiger partial charge in [-0.1, -0.05) is 12.1 Å². The van der Waals surface area contributed by atoms with E-state index in [-0.39, 0.29) is 13.0 Å². The number of urea groups is 1. The Kier molecular flexibility index (Phi) is 6.17. The highest BCUT2D eigenvalue weighted by Gasteiger charge is 2.19. The summed E-state index contributed by atoms with van der Waals surface area (Å²) in [5.41, 5.74) is 0.612. The van der Waals surface area contributed by atoms with Crippen molar-refractivity contribution in [1.82, 2.24) is 5.32 Å². The van der Waals surface area contributed by atoms with Crippen LogP contribution in [0.2, 0.25) is 0 Å². The molecule has 1 aromatic carbocycles. The molecule has 0 spiro atoms. The molecule has 0 fully saturated rings. The maximum atomic E-state index is 11.7. The molecule has 2 amide bonds. The minimum atomic E-state index is -1.18. The van der Waals surface area contributed by atoms with Crippen LogP contribution in [0.15, 0.2) is 29.2 Å². The van der Waals surface area contributed by atoms with Gasteiger partial charge in [-0.2, -0.15) is 0 Å². The van der Waals surface area contributed by atoms with Gasteiger partial charge in [0, 0.05) is 17.9 Å². The van der Waals surface area contributed by atoms with Crippen molar-refractivity contribution in [2.45, 2.75) is 17.4 Å². The number of thioether (sulfide) groups is 1. The van der Waals surface area contributed by atoms with Gasteiger partial charge >= 0.3 is 12.0 Å². The molecular formula is C12H16N2O4S. The first-order valence-corrected chi connectivity index (χ1v) is 6.85. The highest BCUT2D eigenvalue weighted by molar-refractivity contribution is 7.98. The van der Waals surface area contributed by atoms with E-state index in [0.717, 1.165) is 4.90 Å². The van der Waals surface area contributed by atoms with Gasteiger partial charge in [0.05, 0.1) is 5.69 Å². The molecule has 1 atom stereocenters. The van der Waals surface area contributed by atoms with Crippen LogP contribution in [0.5, 0.6) is 0 Å². The van der Waals surface area contributed by atoms with E-state index in [1.54, 1.807) is 12.1 Å². The molecule has 1 rings (SSSR count). The topological polar surface area (TPSA) is 98.7 Å². The van der Waals surface area contributed by atoms with E-state index in [9.17, 15) is 9.59 Å². The molecule has 0 aliphatic rings. The average Bonchev–Trinajstić information content (AvgIpc) is 2.38. The fourth-order valence-electron chi connectivity index (χ4n) is 1.45. The Labute approximate surface area is 115 Å². The van der Waals surface area contributed by atoms with Crippen molar-refractivity contribution in [3.8, 4) is 0 Å². The number of amides is 2. The molecule has 0 aromatic heterocycles. The Morgan fingerprint density at radius 1 is 1.37 bits per heavy atom. The molecule has 7 heteroatoms. The monoisotopic (exact) mass is 284 g/mol. The zero-order chi connectivity index (χ0) is 14.3. The van der Waals surface area contributed by atoms with Crippen LogP contribution in [0.4, 0.5) is 10.5 Å². The maximum Gasteiger partial charge on any atom is 0.326 e. The van der Waals surface area contributed by atoms with Gasteiger partial charge in [-0.25, -0.2) is 9.59 Å². The average molecular weight is 284 g/mol. The quantitative estimate of drug-likeness (QED) is 0.591. The molecule has 0 aliphatic carbocycles. The lowest BCUT2D eigenvalue weighted by Crippen LogP contribution is -2.43. The van der Waals surface area contributed by atoms with E-state index in [1.807, 2.05) is 18.4 Å². The van der Waals surface area contributed by atoms with Gasteiger partial charge in [0.2, 0.25) is 0 Å². The standard InChI is InChI=1S/C12H16N2O4S/c1-19-10-5-3-2-4-8(10)13-12(18)14-9(6-7-15)11(16)17/h2-5,9,15H,6-7H2,1H3,(H,16,17)(H2,13,14,18)/t9-/m0/s1. The molecule has 4 N–H and O–H groups in total. The van der Waals surface area contributed by atoms with Gasteiger partial charge < -0.3 is 20.8 Å². The molecule has 19 heavy (non-hydrogen) atoms. The Balaban J connectivity index is 2.66. The summed E-state index contributed by atoms with van der Waals surface area (Å²) in [5, 5.41) is 22.5. The Hall–Kier alpha value is -1.73. The predicted octanol–water partition coefficient (Wildman–Crippen LogP) is 1.37. The number of anilines is 1. The first-order valence-electron chi connectivity index (χ1n) is 5.62. The molecule has 0 unspecified atom stereocenters. The number of hydrogen-bond acceptors (Lipinski definition) is 4. The maximum absolute atomic E-state index is 11.7. The van der Waals surface area contributed by atoms with E-state index >= 15 is 0 Å². The summed E-state index contributed by atoms with van der Waals surface area (Å²) in [5.74, 6) is -1.18. The number of aliphatic hydroxyl groups excluding tert-OH is 1. The zero-order valence-corrected chi connectivity index (χ0v) is 11.2. The molecule has 0 saturated carbocycles. The largest absolute Gasteiger partial charge is 0.480 e. The summed E-state index contributed by atoms with van der Waals surface area (Å²) in [6, 6.07) is 5.49. The smallest absolute Gasteiger partial charge is 0.326 e. The molecule has 6 nitrogen and oxygen atoms in total. The third-order valence-electron chi connectivity index (χ3n) is 2.38. The molecular weight excluding hydrogens is 268 g/mol. The number of benzene rings is 1. The number of carbonyl (C=O) groups excluding carboxylic acids is 1. The Morgan fingerprint density at radius 3 is 2.63 bits per heavy atom. The molecule has 0 saturated heterocycles. The highest BCUT2D eigenvalue weighted by Crippen LogP contribution is 2.24. The highest BCUT2D eigenvalue weighted by atomic mass is 32.2. The van der Waals surface area contributed by atoms with Crippen molar-refractivity contribution in [2.24, 2.45) is 0 Å². The number of aliphatic carboxylic acids is 1. The van der Waals surface area contributed by atoms with Crippen LogP contribution in [0, 0.1) is 0 Å². The normalized spacial score (nSPS) is 11.7. The van der Waals surface area contributed by atoms with Crippen molar-refractivity contribution in [3.05, 3.63) is 24.3 Å². The van der Waals surface area contributed by atoms with E-state index in [1.165, 1.54) is 11.8 Å². The van der Waals surface area contributed by atoms with Crippen molar-refractivity contribution in [3.63, 3.8) is 0 Å². The molecule has 0 radical (unpaired) electrons. The number of para-hydroxylation sites is 1. The van der Waals surface area contributed by atoms with Gasteiger partial charge in [-0.3, -0.25) is 0 Å². The molecule has 0 aliphatic heterocycles. The van der Waals surface area contributed by atoms with Gasteiger partial charge in [0.25, 0.3) is 0 Å². The summed E-state index contributed by atoms with van der Waals surface area (Å²) in [6.45, 7) is -0.307. The van der Waals surface area contributed by atoms with Crippen molar-refractivity contribution in [1.29, 1.82) is 0 Å². The zero-order valence-electron chi connectivity index (χ0n) is 10.4. The van der Waals surface area contributed by atoms with E-state index < -0.39 is 18.0 Å². The second-order valence-corrected chi connectivity index (χ2v) is 4.55. The first-order chi connectivity index (χ1) is 9.08. The first kappa shape index (κ1) is 15.3.